The van der Waals surface area contributed by atoms with Crippen molar-refractivity contribution in [2.24, 2.45) is 5.92 Å². The molecule has 0 bridgehead atoms. The van der Waals surface area contributed by atoms with E-state index in [1.165, 1.54) is 6.92 Å². The van der Waals surface area contributed by atoms with E-state index in [4.69, 9.17) is 11.6 Å². The molecule has 3 unspecified atom stereocenters. The summed E-state index contributed by atoms with van der Waals surface area (Å²) < 4.78 is 20.6. The third-order valence-electron chi connectivity index (χ3n) is 1.20. The maximum atomic E-state index is 10.3. The molecule has 0 aromatic rings. The van der Waals surface area contributed by atoms with Gasteiger partial charge in [-0.25, -0.2) is 0 Å². The van der Waals surface area contributed by atoms with Gasteiger partial charge in [-0.1, -0.05) is 18.0 Å². The lowest BCUT2D eigenvalue weighted by molar-refractivity contribution is -0.110. The van der Waals surface area contributed by atoms with Crippen LogP contribution in [0, 0.1) is 5.92 Å². The molecule has 0 fully saturated rings. The summed E-state index contributed by atoms with van der Waals surface area (Å²) in [5, 5.41) is -0.751. The van der Waals surface area contributed by atoms with Crippen LogP contribution in [-0.2, 0) is 15.9 Å². The molecule has 3 atom stereocenters. The van der Waals surface area contributed by atoms with Crippen molar-refractivity contribution in [2.45, 2.75) is 12.2 Å². The Kier molecular flexibility index (Phi) is 4.85. The highest BCUT2D eigenvalue weighted by Crippen LogP contribution is 2.07. The predicted octanol–water partition coefficient (Wildman–Crippen LogP) is 0.308. The van der Waals surface area contributed by atoms with Crippen LogP contribution < -0.4 is 0 Å². The Balaban J connectivity index is 4.05. The van der Waals surface area contributed by atoms with E-state index in [9.17, 15) is 13.6 Å². The van der Waals surface area contributed by atoms with Gasteiger partial charge in [0.1, 0.15) is 6.29 Å². The van der Waals surface area contributed by atoms with Crippen LogP contribution in [0.4, 0.5) is 0 Å². The summed E-state index contributed by atoms with van der Waals surface area (Å²) in [5.41, 5.74) is 0. The SMILES string of the molecule is CC(C=O)C(CCl)S(=O)[O-]. The summed E-state index contributed by atoms with van der Waals surface area (Å²) >= 11 is 3.04. The lowest BCUT2D eigenvalue weighted by Gasteiger charge is -2.18. The Hall–Kier alpha value is 0.0700. The van der Waals surface area contributed by atoms with Gasteiger partial charge in [-0.3, -0.25) is 4.21 Å². The summed E-state index contributed by atoms with van der Waals surface area (Å²) in [4.78, 5) is 10.1. The zero-order valence-electron chi connectivity index (χ0n) is 5.45. The van der Waals surface area contributed by atoms with Crippen molar-refractivity contribution in [3.05, 3.63) is 0 Å². The third-order valence-corrected chi connectivity index (χ3v) is 2.81. The van der Waals surface area contributed by atoms with Crippen LogP contribution >= 0.6 is 11.6 Å². The van der Waals surface area contributed by atoms with Gasteiger partial charge in [0, 0.05) is 17.0 Å². The standard InChI is InChI=1S/C5H9ClO3S/c1-4(3-7)5(2-6)10(8)9/h3-5H,2H2,1H3,(H,8,9)/p-1. The van der Waals surface area contributed by atoms with Crippen LogP contribution in [-0.4, -0.2) is 26.2 Å². The highest BCUT2D eigenvalue weighted by molar-refractivity contribution is 7.80. The first-order valence-electron chi connectivity index (χ1n) is 2.72. The molecule has 0 aromatic heterocycles. The van der Waals surface area contributed by atoms with Crippen molar-refractivity contribution in [1.29, 1.82) is 0 Å². The van der Waals surface area contributed by atoms with Gasteiger partial charge in [-0.05, 0) is 0 Å². The van der Waals surface area contributed by atoms with Crippen LogP contribution in [0.15, 0.2) is 0 Å². The summed E-state index contributed by atoms with van der Waals surface area (Å²) in [6, 6.07) is 0. The average Bonchev–Trinajstić information content (AvgIpc) is 1.88. The second-order valence-corrected chi connectivity index (χ2v) is 3.38. The minimum Gasteiger partial charge on any atom is -0.772 e. The Morgan fingerprint density at radius 3 is 2.40 bits per heavy atom. The van der Waals surface area contributed by atoms with Crippen LogP contribution in [0.2, 0.25) is 0 Å². The largest absolute Gasteiger partial charge is 0.772 e. The second-order valence-electron chi connectivity index (χ2n) is 1.95. The van der Waals surface area contributed by atoms with Gasteiger partial charge in [-0.15, -0.1) is 11.6 Å². The molecule has 10 heavy (non-hydrogen) atoms. The van der Waals surface area contributed by atoms with E-state index in [0.717, 1.165) is 0 Å². The van der Waals surface area contributed by atoms with Crippen LogP contribution in [0.1, 0.15) is 6.92 Å². The summed E-state index contributed by atoms with van der Waals surface area (Å²) in [6.45, 7) is 1.52. The Bertz CT molecular complexity index is 139. The molecule has 5 heteroatoms. The summed E-state index contributed by atoms with van der Waals surface area (Å²) in [7, 11) is 0. The molecule has 0 aromatic carbocycles. The fourth-order valence-corrected chi connectivity index (χ4v) is 1.56. The molecule has 0 radical (unpaired) electrons. The monoisotopic (exact) mass is 183 g/mol. The average molecular weight is 184 g/mol. The lowest BCUT2D eigenvalue weighted by Crippen LogP contribution is -2.26. The Morgan fingerprint density at radius 2 is 2.30 bits per heavy atom. The molecular formula is C5H8ClO3S-. The smallest absolute Gasteiger partial charge is 0.123 e. The molecule has 0 aliphatic carbocycles. The van der Waals surface area contributed by atoms with E-state index in [1.807, 2.05) is 0 Å². The van der Waals surface area contributed by atoms with E-state index in [0.29, 0.717) is 6.29 Å². The maximum Gasteiger partial charge on any atom is 0.123 e. The maximum absolute atomic E-state index is 10.3. The summed E-state index contributed by atoms with van der Waals surface area (Å²) in [5.74, 6) is -0.549. The number of carbonyl (C=O) groups excluding carboxylic acids is 1. The molecule has 3 nitrogen and oxygen atoms in total. The van der Waals surface area contributed by atoms with Gasteiger partial charge in [0.15, 0.2) is 0 Å². The molecule has 60 valence electrons. The van der Waals surface area contributed by atoms with Crippen LogP contribution in [0.25, 0.3) is 0 Å². The highest BCUT2D eigenvalue weighted by Gasteiger charge is 2.15. The molecule has 0 saturated carbocycles. The van der Waals surface area contributed by atoms with Gasteiger partial charge < -0.3 is 9.35 Å². The number of hydrogen-bond donors (Lipinski definition) is 0. The number of hydrogen-bond acceptors (Lipinski definition) is 3. The molecular weight excluding hydrogens is 176 g/mol. The number of carbonyl (C=O) groups is 1. The number of alkyl halides is 1. The summed E-state index contributed by atoms with van der Waals surface area (Å²) in [6.07, 6.45) is 0.586. The zero-order chi connectivity index (χ0) is 8.15. The Labute approximate surface area is 67.0 Å². The van der Waals surface area contributed by atoms with Gasteiger partial charge in [0.25, 0.3) is 0 Å². The number of rotatable bonds is 4. The quantitative estimate of drug-likeness (QED) is 0.358. The molecule has 0 spiro atoms. The molecule has 0 saturated heterocycles. The molecule has 0 aliphatic rings. The molecule has 0 aliphatic heterocycles. The fourth-order valence-electron chi connectivity index (χ4n) is 0.455. The number of halogens is 1. The topological polar surface area (TPSA) is 57.2 Å². The molecule has 0 heterocycles. The molecule has 0 N–H and O–H groups in total. The van der Waals surface area contributed by atoms with Gasteiger partial charge >= 0.3 is 0 Å². The van der Waals surface area contributed by atoms with Crippen molar-refractivity contribution >= 4 is 29.0 Å². The van der Waals surface area contributed by atoms with Gasteiger partial charge in [-0.2, -0.15) is 0 Å². The van der Waals surface area contributed by atoms with Crippen molar-refractivity contribution < 1.29 is 13.6 Å². The van der Waals surface area contributed by atoms with E-state index >= 15 is 0 Å². The minimum absolute atomic E-state index is 0.0317. The van der Waals surface area contributed by atoms with Crippen LogP contribution in [0.3, 0.4) is 0 Å². The first kappa shape index (κ1) is 10.1. The van der Waals surface area contributed by atoms with Crippen molar-refractivity contribution in [2.75, 3.05) is 5.88 Å². The lowest BCUT2D eigenvalue weighted by atomic mass is 10.1. The van der Waals surface area contributed by atoms with E-state index in [2.05, 4.69) is 0 Å². The minimum atomic E-state index is -2.25. The highest BCUT2D eigenvalue weighted by atomic mass is 35.5. The van der Waals surface area contributed by atoms with E-state index < -0.39 is 22.2 Å². The van der Waals surface area contributed by atoms with E-state index in [1.54, 1.807) is 0 Å². The predicted molar refractivity (Wildman–Crippen MR) is 38.7 cm³/mol. The van der Waals surface area contributed by atoms with Gasteiger partial charge in [0.2, 0.25) is 0 Å². The normalized spacial score (nSPS) is 19.5. The first-order chi connectivity index (χ1) is 4.63. The second kappa shape index (κ2) is 4.82. The third kappa shape index (κ3) is 2.77. The Morgan fingerprint density at radius 1 is 1.80 bits per heavy atom. The molecule has 0 rings (SSSR count). The van der Waals surface area contributed by atoms with Crippen molar-refractivity contribution in [3.63, 3.8) is 0 Å². The van der Waals surface area contributed by atoms with E-state index in [-0.39, 0.29) is 5.88 Å². The van der Waals surface area contributed by atoms with Crippen molar-refractivity contribution in [3.8, 4) is 0 Å². The number of aldehydes is 1. The van der Waals surface area contributed by atoms with Gasteiger partial charge in [0.05, 0.1) is 0 Å². The zero-order valence-corrected chi connectivity index (χ0v) is 7.02. The first-order valence-corrected chi connectivity index (χ1v) is 4.40. The fraction of sp³-hybridized carbons (Fsp3) is 0.800. The molecule has 0 amide bonds. The van der Waals surface area contributed by atoms with Crippen molar-refractivity contribution in [1.82, 2.24) is 0 Å². The van der Waals surface area contributed by atoms with Crippen LogP contribution in [0.5, 0.6) is 0 Å².